The van der Waals surface area contributed by atoms with Gasteiger partial charge in [-0.2, -0.15) is 8.42 Å². The molecule has 0 spiro atoms. The molecule has 1 unspecified atom stereocenters. The van der Waals surface area contributed by atoms with E-state index in [0.29, 0.717) is 11.1 Å². The molecule has 0 fully saturated rings. The van der Waals surface area contributed by atoms with Gasteiger partial charge in [0.1, 0.15) is 5.25 Å². The van der Waals surface area contributed by atoms with Crippen molar-refractivity contribution >= 4 is 10.2 Å². The fourth-order valence-electron chi connectivity index (χ4n) is 2.24. The highest BCUT2D eigenvalue weighted by Crippen LogP contribution is 2.33. The summed E-state index contributed by atoms with van der Waals surface area (Å²) in [6.07, 6.45) is 0. The highest BCUT2D eigenvalue weighted by molar-refractivity contribution is 7.86. The van der Waals surface area contributed by atoms with E-state index in [0.717, 1.165) is 11.1 Å². The number of hydrogen-bond donors (Lipinski definition) is 0. The van der Waals surface area contributed by atoms with E-state index in [1.165, 1.54) is 0 Å². The summed E-state index contributed by atoms with van der Waals surface area (Å²) in [5.74, 6) is 0. The topological polar surface area (TPSA) is 34.1 Å². The van der Waals surface area contributed by atoms with Crippen LogP contribution in [0.15, 0.2) is 48.5 Å². The van der Waals surface area contributed by atoms with Gasteiger partial charge in [-0.3, -0.25) is 0 Å². The maximum Gasteiger partial charge on any atom is 0.313 e. The van der Waals surface area contributed by atoms with Gasteiger partial charge < -0.3 is 0 Å². The standard InChI is InChI=1S/C15H15FO2S/c1-11-8-9-14(12(2)10-11)15(19(16,17)18)13-6-4-3-5-7-13/h3-10,15H,1-2H3. The van der Waals surface area contributed by atoms with Crippen LogP contribution < -0.4 is 0 Å². The van der Waals surface area contributed by atoms with Crippen LogP contribution in [0.5, 0.6) is 0 Å². The molecule has 2 aromatic carbocycles. The third-order valence-corrected chi connectivity index (χ3v) is 4.18. The average molecular weight is 278 g/mol. The minimum atomic E-state index is -4.71. The van der Waals surface area contributed by atoms with E-state index in [2.05, 4.69) is 0 Å². The Kier molecular flexibility index (Phi) is 3.71. The minimum absolute atomic E-state index is 0.442. The molecule has 100 valence electrons. The Bertz CT molecular complexity index is 679. The molecule has 0 aliphatic carbocycles. The van der Waals surface area contributed by atoms with Gasteiger partial charge in [0.05, 0.1) is 0 Å². The summed E-state index contributed by atoms with van der Waals surface area (Å²) >= 11 is 0. The fraction of sp³-hybridized carbons (Fsp3) is 0.200. The molecular weight excluding hydrogens is 263 g/mol. The highest BCUT2D eigenvalue weighted by atomic mass is 32.3. The Morgan fingerprint density at radius 3 is 2.16 bits per heavy atom. The molecule has 0 aliphatic rings. The zero-order chi connectivity index (χ0) is 14.0. The lowest BCUT2D eigenvalue weighted by Crippen LogP contribution is -2.11. The van der Waals surface area contributed by atoms with Crippen molar-refractivity contribution in [3.05, 3.63) is 70.8 Å². The molecule has 0 bridgehead atoms. The molecule has 1 atom stereocenters. The maximum absolute atomic E-state index is 13.7. The van der Waals surface area contributed by atoms with Gasteiger partial charge in [-0.05, 0) is 30.5 Å². The van der Waals surface area contributed by atoms with Crippen molar-refractivity contribution in [1.29, 1.82) is 0 Å². The summed E-state index contributed by atoms with van der Waals surface area (Å²) in [5.41, 5.74) is 2.72. The first-order valence-corrected chi connectivity index (χ1v) is 7.40. The first kappa shape index (κ1) is 13.7. The van der Waals surface area contributed by atoms with Crippen LogP contribution in [0.2, 0.25) is 0 Å². The number of halogens is 1. The Morgan fingerprint density at radius 1 is 1.00 bits per heavy atom. The van der Waals surface area contributed by atoms with Crippen molar-refractivity contribution in [2.45, 2.75) is 19.1 Å². The summed E-state index contributed by atoms with van der Waals surface area (Å²) in [6.45, 7) is 3.71. The summed E-state index contributed by atoms with van der Waals surface area (Å²) < 4.78 is 36.7. The predicted octanol–water partition coefficient (Wildman–Crippen LogP) is 3.69. The largest absolute Gasteiger partial charge is 0.313 e. The van der Waals surface area contributed by atoms with Crippen LogP contribution in [-0.2, 0) is 10.2 Å². The second kappa shape index (κ2) is 5.13. The van der Waals surface area contributed by atoms with Gasteiger partial charge in [0, 0.05) is 0 Å². The number of aryl methyl sites for hydroxylation is 2. The van der Waals surface area contributed by atoms with E-state index in [1.54, 1.807) is 49.4 Å². The number of rotatable bonds is 3. The lowest BCUT2D eigenvalue weighted by Gasteiger charge is -2.16. The van der Waals surface area contributed by atoms with Gasteiger partial charge in [-0.15, -0.1) is 3.89 Å². The van der Waals surface area contributed by atoms with Gasteiger partial charge in [0.15, 0.2) is 0 Å². The second-order valence-corrected chi connectivity index (χ2v) is 6.05. The van der Waals surface area contributed by atoms with E-state index in [9.17, 15) is 12.3 Å². The second-order valence-electron chi connectivity index (χ2n) is 4.63. The third kappa shape index (κ3) is 3.01. The van der Waals surface area contributed by atoms with Gasteiger partial charge in [-0.1, -0.05) is 54.1 Å². The lowest BCUT2D eigenvalue weighted by molar-refractivity contribution is 0.543. The van der Waals surface area contributed by atoms with E-state index in [4.69, 9.17) is 0 Å². The Hall–Kier alpha value is -1.68. The van der Waals surface area contributed by atoms with Gasteiger partial charge >= 0.3 is 10.2 Å². The first-order chi connectivity index (χ1) is 8.89. The SMILES string of the molecule is Cc1ccc(C(c2ccccc2)S(=O)(=O)F)c(C)c1. The molecule has 0 heterocycles. The first-order valence-electron chi connectivity index (χ1n) is 5.95. The number of hydrogen-bond acceptors (Lipinski definition) is 2. The predicted molar refractivity (Wildman–Crippen MR) is 74.2 cm³/mol. The van der Waals surface area contributed by atoms with Gasteiger partial charge in [-0.25, -0.2) is 0 Å². The summed E-state index contributed by atoms with van der Waals surface area (Å²) in [4.78, 5) is 0. The van der Waals surface area contributed by atoms with Crippen LogP contribution in [0.1, 0.15) is 27.5 Å². The van der Waals surface area contributed by atoms with Crippen LogP contribution in [0.4, 0.5) is 3.89 Å². The Morgan fingerprint density at radius 2 is 1.63 bits per heavy atom. The van der Waals surface area contributed by atoms with Crippen LogP contribution >= 0.6 is 0 Å². The molecule has 2 nitrogen and oxygen atoms in total. The highest BCUT2D eigenvalue weighted by Gasteiger charge is 2.29. The quantitative estimate of drug-likeness (QED) is 0.802. The van der Waals surface area contributed by atoms with Crippen LogP contribution in [0.3, 0.4) is 0 Å². The van der Waals surface area contributed by atoms with Crippen molar-refractivity contribution in [3.8, 4) is 0 Å². The molecular formula is C15H15FO2S. The van der Waals surface area contributed by atoms with E-state index < -0.39 is 15.5 Å². The molecule has 2 rings (SSSR count). The summed E-state index contributed by atoms with van der Waals surface area (Å²) in [6, 6.07) is 13.8. The van der Waals surface area contributed by atoms with E-state index in [-0.39, 0.29) is 0 Å². The smallest absolute Gasteiger partial charge is 0.194 e. The van der Waals surface area contributed by atoms with E-state index in [1.807, 2.05) is 13.0 Å². The van der Waals surface area contributed by atoms with Crippen molar-refractivity contribution < 1.29 is 12.3 Å². The molecule has 0 aromatic heterocycles. The Labute approximate surface area is 113 Å². The maximum atomic E-state index is 13.7. The minimum Gasteiger partial charge on any atom is -0.194 e. The molecule has 0 radical (unpaired) electrons. The summed E-state index contributed by atoms with van der Waals surface area (Å²) in [5, 5.41) is -1.26. The zero-order valence-corrected chi connectivity index (χ0v) is 11.6. The number of benzene rings is 2. The van der Waals surface area contributed by atoms with Gasteiger partial charge in [0.25, 0.3) is 0 Å². The monoisotopic (exact) mass is 278 g/mol. The van der Waals surface area contributed by atoms with Crippen LogP contribution in [-0.4, -0.2) is 8.42 Å². The van der Waals surface area contributed by atoms with E-state index >= 15 is 0 Å². The molecule has 0 aliphatic heterocycles. The van der Waals surface area contributed by atoms with Crippen molar-refractivity contribution in [3.63, 3.8) is 0 Å². The normalized spacial score (nSPS) is 13.2. The van der Waals surface area contributed by atoms with Crippen molar-refractivity contribution in [1.82, 2.24) is 0 Å². The molecule has 2 aromatic rings. The molecule has 0 amide bonds. The van der Waals surface area contributed by atoms with Crippen LogP contribution in [0.25, 0.3) is 0 Å². The molecule has 0 saturated heterocycles. The fourth-order valence-corrected chi connectivity index (χ4v) is 3.29. The van der Waals surface area contributed by atoms with Crippen LogP contribution in [0, 0.1) is 13.8 Å². The molecule has 0 N–H and O–H groups in total. The zero-order valence-electron chi connectivity index (χ0n) is 10.8. The van der Waals surface area contributed by atoms with Crippen molar-refractivity contribution in [2.75, 3.05) is 0 Å². The lowest BCUT2D eigenvalue weighted by atomic mass is 9.98. The average Bonchev–Trinajstić information content (AvgIpc) is 2.32. The molecule has 0 saturated carbocycles. The van der Waals surface area contributed by atoms with Crippen molar-refractivity contribution in [2.24, 2.45) is 0 Å². The van der Waals surface area contributed by atoms with Gasteiger partial charge in [0.2, 0.25) is 0 Å². The summed E-state index contributed by atoms with van der Waals surface area (Å²) in [7, 11) is -4.71. The molecule has 19 heavy (non-hydrogen) atoms. The Balaban J connectivity index is 2.63. The molecule has 4 heteroatoms. The third-order valence-electron chi connectivity index (χ3n) is 3.09.